The van der Waals surface area contributed by atoms with Gasteiger partial charge in [-0.2, -0.15) is 0 Å². The number of rotatable bonds is 7. The van der Waals surface area contributed by atoms with Crippen molar-refractivity contribution in [3.05, 3.63) is 82.9 Å². The van der Waals surface area contributed by atoms with Crippen LogP contribution >= 0.6 is 0 Å². The standard InChI is InChI=1S/C32H33NO5/c1-21(2)26-9-3-22(18-30(34)32(11-12-32)25-8-10-28-29(19-25)38-20-37-28)17-27(26)23-4-6-24(7-5-23)31(35)33-13-15-36-16-14-33/h3-10,17,19,21H,11-16,18,20H2,1-2H3. The Balaban J connectivity index is 1.24. The van der Waals surface area contributed by atoms with E-state index in [1.807, 2.05) is 47.4 Å². The average molecular weight is 512 g/mol. The summed E-state index contributed by atoms with van der Waals surface area (Å²) >= 11 is 0. The number of carbonyl (C=O) groups excluding carboxylic acids is 2. The van der Waals surface area contributed by atoms with Gasteiger partial charge in [-0.3, -0.25) is 9.59 Å². The summed E-state index contributed by atoms with van der Waals surface area (Å²) in [6, 6.07) is 20.1. The first-order chi connectivity index (χ1) is 18.4. The lowest BCUT2D eigenvalue weighted by Gasteiger charge is -2.27. The van der Waals surface area contributed by atoms with Crippen LogP contribution in [0.15, 0.2) is 60.7 Å². The van der Waals surface area contributed by atoms with Crippen molar-refractivity contribution in [2.75, 3.05) is 33.1 Å². The Morgan fingerprint density at radius 1 is 0.895 bits per heavy atom. The molecule has 6 rings (SSSR count). The molecule has 0 radical (unpaired) electrons. The van der Waals surface area contributed by atoms with E-state index in [4.69, 9.17) is 14.2 Å². The highest BCUT2D eigenvalue weighted by molar-refractivity contribution is 5.96. The molecular weight excluding hydrogens is 478 g/mol. The van der Waals surface area contributed by atoms with Crippen LogP contribution in [0.3, 0.4) is 0 Å². The van der Waals surface area contributed by atoms with E-state index in [-0.39, 0.29) is 18.5 Å². The molecule has 3 aromatic rings. The lowest BCUT2D eigenvalue weighted by molar-refractivity contribution is -0.120. The number of nitrogens with zero attached hydrogens (tertiary/aromatic N) is 1. The summed E-state index contributed by atoms with van der Waals surface area (Å²) < 4.78 is 16.4. The van der Waals surface area contributed by atoms with Crippen molar-refractivity contribution in [1.82, 2.24) is 4.90 Å². The summed E-state index contributed by atoms with van der Waals surface area (Å²) in [5.74, 6) is 2.07. The zero-order chi connectivity index (χ0) is 26.3. The Kier molecular flexibility index (Phi) is 6.44. The molecule has 1 saturated carbocycles. The molecule has 0 atom stereocenters. The molecule has 196 valence electrons. The van der Waals surface area contributed by atoms with Gasteiger partial charge in [-0.15, -0.1) is 0 Å². The van der Waals surface area contributed by atoms with Crippen LogP contribution in [0.2, 0.25) is 0 Å². The molecule has 0 bridgehead atoms. The van der Waals surface area contributed by atoms with Crippen molar-refractivity contribution < 1.29 is 23.8 Å². The molecule has 6 nitrogen and oxygen atoms in total. The van der Waals surface area contributed by atoms with Crippen LogP contribution in [-0.4, -0.2) is 49.7 Å². The molecule has 2 aliphatic heterocycles. The molecule has 0 aromatic heterocycles. The second-order valence-electron chi connectivity index (χ2n) is 10.8. The van der Waals surface area contributed by atoms with Gasteiger partial charge in [-0.1, -0.05) is 50.2 Å². The van der Waals surface area contributed by atoms with E-state index in [1.54, 1.807) is 0 Å². The summed E-state index contributed by atoms with van der Waals surface area (Å²) in [6.07, 6.45) is 2.11. The predicted octanol–water partition coefficient (Wildman–Crippen LogP) is 5.52. The van der Waals surface area contributed by atoms with Crippen LogP contribution in [0, 0.1) is 0 Å². The number of benzene rings is 3. The van der Waals surface area contributed by atoms with Crippen LogP contribution in [0.5, 0.6) is 11.5 Å². The molecule has 1 aliphatic carbocycles. The minimum atomic E-state index is -0.431. The van der Waals surface area contributed by atoms with Gasteiger partial charge in [0.25, 0.3) is 5.91 Å². The topological polar surface area (TPSA) is 65.1 Å². The zero-order valence-electron chi connectivity index (χ0n) is 22.0. The summed E-state index contributed by atoms with van der Waals surface area (Å²) in [5.41, 5.74) is 5.68. The van der Waals surface area contributed by atoms with Crippen molar-refractivity contribution in [1.29, 1.82) is 0 Å². The molecule has 1 amide bonds. The molecule has 2 fully saturated rings. The monoisotopic (exact) mass is 511 g/mol. The maximum Gasteiger partial charge on any atom is 0.254 e. The molecule has 1 saturated heterocycles. The van der Waals surface area contributed by atoms with Gasteiger partial charge >= 0.3 is 0 Å². The Hall–Kier alpha value is -3.64. The van der Waals surface area contributed by atoms with E-state index in [2.05, 4.69) is 32.0 Å². The largest absolute Gasteiger partial charge is 0.454 e. The van der Waals surface area contributed by atoms with Crippen molar-refractivity contribution in [2.45, 2.75) is 44.4 Å². The number of Topliss-reactive ketones (excluding diaryl/α,β-unsaturated/α-hetero) is 1. The van der Waals surface area contributed by atoms with E-state index < -0.39 is 5.41 Å². The van der Waals surface area contributed by atoms with E-state index >= 15 is 0 Å². The number of morpholine rings is 1. The molecule has 0 N–H and O–H groups in total. The van der Waals surface area contributed by atoms with Gasteiger partial charge in [0.2, 0.25) is 6.79 Å². The SMILES string of the molecule is CC(C)c1ccc(CC(=O)C2(c3ccc4c(c3)OCO4)CC2)cc1-c1ccc(C(=O)N2CCOCC2)cc1. The van der Waals surface area contributed by atoms with Gasteiger partial charge in [0.15, 0.2) is 11.5 Å². The van der Waals surface area contributed by atoms with Gasteiger partial charge in [0.1, 0.15) is 5.78 Å². The second-order valence-corrected chi connectivity index (χ2v) is 10.8. The maximum absolute atomic E-state index is 13.6. The highest BCUT2D eigenvalue weighted by Gasteiger charge is 2.50. The van der Waals surface area contributed by atoms with Gasteiger partial charge in [-0.25, -0.2) is 0 Å². The number of carbonyl (C=O) groups is 2. The second kappa shape index (κ2) is 9.91. The summed E-state index contributed by atoms with van der Waals surface area (Å²) in [6.45, 7) is 7.01. The third kappa shape index (κ3) is 4.58. The highest BCUT2D eigenvalue weighted by Crippen LogP contribution is 2.51. The number of fused-ring (bicyclic) bond motifs is 1. The first-order valence-electron chi connectivity index (χ1n) is 13.5. The molecule has 3 aliphatic rings. The fraction of sp³-hybridized carbons (Fsp3) is 0.375. The summed E-state index contributed by atoms with van der Waals surface area (Å²) in [4.78, 5) is 28.4. The number of amides is 1. The average Bonchev–Trinajstić information content (AvgIpc) is 3.63. The molecule has 0 unspecified atom stereocenters. The third-order valence-corrected chi connectivity index (χ3v) is 8.05. The number of hydrogen-bond donors (Lipinski definition) is 0. The molecular formula is C32H33NO5. The van der Waals surface area contributed by atoms with Gasteiger partial charge < -0.3 is 19.1 Å². The van der Waals surface area contributed by atoms with Crippen molar-refractivity contribution in [3.63, 3.8) is 0 Å². The predicted molar refractivity (Wildman–Crippen MR) is 145 cm³/mol. The minimum Gasteiger partial charge on any atom is -0.454 e. The third-order valence-electron chi connectivity index (χ3n) is 8.05. The van der Waals surface area contributed by atoms with Crippen LogP contribution in [0.4, 0.5) is 0 Å². The first-order valence-corrected chi connectivity index (χ1v) is 13.5. The number of ketones is 1. The van der Waals surface area contributed by atoms with E-state index in [0.29, 0.717) is 44.2 Å². The van der Waals surface area contributed by atoms with Crippen LogP contribution < -0.4 is 9.47 Å². The van der Waals surface area contributed by atoms with Gasteiger partial charge in [0, 0.05) is 25.1 Å². The van der Waals surface area contributed by atoms with Crippen molar-refractivity contribution in [3.8, 4) is 22.6 Å². The van der Waals surface area contributed by atoms with E-state index in [9.17, 15) is 9.59 Å². The van der Waals surface area contributed by atoms with E-state index in [1.165, 1.54) is 5.56 Å². The smallest absolute Gasteiger partial charge is 0.254 e. The molecule has 0 spiro atoms. The Morgan fingerprint density at radius 2 is 1.63 bits per heavy atom. The maximum atomic E-state index is 13.6. The van der Waals surface area contributed by atoms with Crippen LogP contribution in [0.1, 0.15) is 59.7 Å². The number of ether oxygens (including phenoxy) is 3. The van der Waals surface area contributed by atoms with E-state index in [0.717, 1.165) is 46.6 Å². The molecule has 3 aromatic carbocycles. The normalized spacial score (nSPS) is 17.5. The first kappa shape index (κ1) is 24.7. The lowest BCUT2D eigenvalue weighted by Crippen LogP contribution is -2.40. The lowest BCUT2D eigenvalue weighted by atomic mass is 9.85. The Labute approximate surface area is 223 Å². The Morgan fingerprint density at radius 3 is 2.34 bits per heavy atom. The summed E-state index contributed by atoms with van der Waals surface area (Å²) in [7, 11) is 0. The molecule has 2 heterocycles. The highest BCUT2D eigenvalue weighted by atomic mass is 16.7. The minimum absolute atomic E-state index is 0.0431. The Bertz CT molecular complexity index is 1370. The van der Waals surface area contributed by atoms with Gasteiger partial charge in [-0.05, 0) is 70.8 Å². The zero-order valence-corrected chi connectivity index (χ0v) is 22.0. The fourth-order valence-corrected chi connectivity index (χ4v) is 5.61. The van der Waals surface area contributed by atoms with Gasteiger partial charge in [0.05, 0.1) is 18.6 Å². The van der Waals surface area contributed by atoms with Crippen LogP contribution in [0.25, 0.3) is 11.1 Å². The summed E-state index contributed by atoms with van der Waals surface area (Å²) in [5, 5.41) is 0. The van der Waals surface area contributed by atoms with Crippen LogP contribution in [-0.2, 0) is 21.4 Å². The quantitative estimate of drug-likeness (QED) is 0.418. The van der Waals surface area contributed by atoms with Crippen molar-refractivity contribution >= 4 is 11.7 Å². The fourth-order valence-electron chi connectivity index (χ4n) is 5.61. The molecule has 6 heteroatoms. The number of hydrogen-bond acceptors (Lipinski definition) is 5. The molecule has 38 heavy (non-hydrogen) atoms. The van der Waals surface area contributed by atoms with Crippen molar-refractivity contribution in [2.24, 2.45) is 0 Å².